The van der Waals surface area contributed by atoms with Gasteiger partial charge >= 0.3 is 0 Å². The van der Waals surface area contributed by atoms with Gasteiger partial charge in [0.05, 0.1) is 14.2 Å². The number of hydrogen-bond donors (Lipinski definition) is 0. The highest BCUT2D eigenvalue weighted by Crippen LogP contribution is 2.28. The molecule has 23 heavy (non-hydrogen) atoms. The monoisotopic (exact) mass is 317 g/mol. The summed E-state index contributed by atoms with van der Waals surface area (Å²) in [6, 6.07) is 6.04. The molecular weight excluding hydrogens is 290 g/mol. The number of carbonyl (C=O) groups excluding carboxylic acids is 1. The quantitative estimate of drug-likeness (QED) is 0.747. The van der Waals surface area contributed by atoms with Crippen LogP contribution in [0.15, 0.2) is 24.3 Å². The van der Waals surface area contributed by atoms with E-state index in [9.17, 15) is 4.79 Å². The van der Waals surface area contributed by atoms with Crippen molar-refractivity contribution in [3.05, 3.63) is 29.8 Å². The number of carbonyl (C=O) groups is 1. The summed E-state index contributed by atoms with van der Waals surface area (Å²) < 4.78 is 10.5. The number of benzene rings is 1. The Balaban J connectivity index is 2.07. The third-order valence-corrected chi connectivity index (χ3v) is 4.47. The molecule has 0 N–H and O–H groups in total. The average Bonchev–Trinajstić information content (AvgIpc) is 2.61. The van der Waals surface area contributed by atoms with Crippen LogP contribution in [-0.2, 0) is 4.79 Å². The van der Waals surface area contributed by atoms with Crippen LogP contribution in [0.1, 0.15) is 44.6 Å². The van der Waals surface area contributed by atoms with Gasteiger partial charge in [-0.25, -0.2) is 0 Å². The molecule has 1 aromatic rings. The number of hydrogen-bond acceptors (Lipinski definition) is 3. The fraction of sp³-hybridized carbons (Fsp3) is 0.526. The van der Waals surface area contributed by atoms with Crippen LogP contribution in [0, 0.1) is 0 Å². The van der Waals surface area contributed by atoms with Crippen molar-refractivity contribution in [2.45, 2.75) is 45.1 Å². The van der Waals surface area contributed by atoms with E-state index in [1.807, 2.05) is 29.2 Å². The second-order valence-electron chi connectivity index (χ2n) is 5.86. The fourth-order valence-corrected chi connectivity index (χ4v) is 3.21. The van der Waals surface area contributed by atoms with Crippen LogP contribution in [-0.4, -0.2) is 37.6 Å². The van der Waals surface area contributed by atoms with Crippen molar-refractivity contribution in [1.29, 1.82) is 0 Å². The first-order valence-electron chi connectivity index (χ1n) is 8.40. The SMILES string of the molecule is CCN(C(=O)/C=C/c1ccc(OC)c(OC)c1)C1CCCCC1. The number of methoxy groups -OCH3 is 2. The highest BCUT2D eigenvalue weighted by molar-refractivity contribution is 5.92. The molecular formula is C19H27NO3. The summed E-state index contributed by atoms with van der Waals surface area (Å²) in [6.07, 6.45) is 9.52. The second-order valence-corrected chi connectivity index (χ2v) is 5.86. The third kappa shape index (κ3) is 4.50. The van der Waals surface area contributed by atoms with Crippen LogP contribution in [0.25, 0.3) is 6.08 Å². The zero-order valence-electron chi connectivity index (χ0n) is 14.4. The molecule has 0 aliphatic heterocycles. The second kappa shape index (κ2) is 8.61. The molecule has 0 aromatic heterocycles. The number of likely N-dealkylation sites (N-methyl/N-ethyl adjacent to an activating group) is 1. The van der Waals surface area contributed by atoms with E-state index in [1.165, 1.54) is 19.3 Å². The minimum absolute atomic E-state index is 0.0918. The van der Waals surface area contributed by atoms with Gasteiger partial charge in [-0.05, 0) is 43.5 Å². The number of ether oxygens (including phenoxy) is 2. The van der Waals surface area contributed by atoms with Gasteiger partial charge in [-0.1, -0.05) is 25.3 Å². The molecule has 1 aliphatic rings. The predicted molar refractivity (Wildman–Crippen MR) is 92.8 cm³/mol. The molecule has 0 radical (unpaired) electrons. The van der Waals surface area contributed by atoms with Gasteiger partial charge in [-0.2, -0.15) is 0 Å². The van der Waals surface area contributed by atoms with Crippen LogP contribution in [0.3, 0.4) is 0 Å². The normalized spacial score (nSPS) is 15.6. The number of amides is 1. The Hall–Kier alpha value is -1.97. The number of nitrogens with zero attached hydrogens (tertiary/aromatic N) is 1. The van der Waals surface area contributed by atoms with Crippen molar-refractivity contribution >= 4 is 12.0 Å². The Morgan fingerprint density at radius 2 is 1.87 bits per heavy atom. The Morgan fingerprint density at radius 1 is 1.17 bits per heavy atom. The van der Waals surface area contributed by atoms with Crippen molar-refractivity contribution in [2.75, 3.05) is 20.8 Å². The molecule has 0 heterocycles. The molecule has 1 fully saturated rings. The van der Waals surface area contributed by atoms with Crippen LogP contribution >= 0.6 is 0 Å². The molecule has 4 nitrogen and oxygen atoms in total. The molecule has 1 amide bonds. The van der Waals surface area contributed by atoms with Gasteiger partial charge in [0.2, 0.25) is 5.91 Å². The molecule has 0 unspecified atom stereocenters. The van der Waals surface area contributed by atoms with Crippen LogP contribution in [0.5, 0.6) is 11.5 Å². The molecule has 1 aromatic carbocycles. The van der Waals surface area contributed by atoms with E-state index in [0.717, 1.165) is 24.9 Å². The lowest BCUT2D eigenvalue weighted by atomic mass is 9.94. The summed E-state index contributed by atoms with van der Waals surface area (Å²) in [5.74, 6) is 1.45. The first kappa shape index (κ1) is 17.4. The Bertz CT molecular complexity index is 548. The van der Waals surface area contributed by atoms with E-state index in [0.29, 0.717) is 17.5 Å². The van der Waals surface area contributed by atoms with Crippen molar-refractivity contribution < 1.29 is 14.3 Å². The summed E-state index contributed by atoms with van der Waals surface area (Å²) in [6.45, 7) is 2.82. The zero-order chi connectivity index (χ0) is 16.7. The van der Waals surface area contributed by atoms with Crippen molar-refractivity contribution in [3.63, 3.8) is 0 Å². The molecule has 1 saturated carbocycles. The van der Waals surface area contributed by atoms with E-state index in [-0.39, 0.29) is 5.91 Å². The molecule has 0 atom stereocenters. The smallest absolute Gasteiger partial charge is 0.246 e. The molecule has 2 rings (SSSR count). The third-order valence-electron chi connectivity index (χ3n) is 4.47. The number of rotatable bonds is 6. The Labute approximate surface area is 139 Å². The van der Waals surface area contributed by atoms with E-state index in [4.69, 9.17) is 9.47 Å². The predicted octanol–water partition coefficient (Wildman–Crippen LogP) is 3.90. The minimum atomic E-state index is 0.0918. The fourth-order valence-electron chi connectivity index (χ4n) is 3.21. The lowest BCUT2D eigenvalue weighted by Crippen LogP contribution is -2.40. The van der Waals surface area contributed by atoms with E-state index < -0.39 is 0 Å². The Kier molecular flexibility index (Phi) is 6.51. The minimum Gasteiger partial charge on any atom is -0.493 e. The maximum absolute atomic E-state index is 12.5. The van der Waals surface area contributed by atoms with E-state index in [2.05, 4.69) is 6.92 Å². The Morgan fingerprint density at radius 3 is 2.48 bits per heavy atom. The van der Waals surface area contributed by atoms with Crippen molar-refractivity contribution in [1.82, 2.24) is 4.90 Å². The average molecular weight is 317 g/mol. The summed E-state index contributed by atoms with van der Waals surface area (Å²) in [4.78, 5) is 14.5. The molecule has 4 heteroatoms. The largest absolute Gasteiger partial charge is 0.493 e. The highest BCUT2D eigenvalue weighted by atomic mass is 16.5. The topological polar surface area (TPSA) is 38.8 Å². The van der Waals surface area contributed by atoms with Gasteiger partial charge in [0, 0.05) is 18.7 Å². The first-order valence-corrected chi connectivity index (χ1v) is 8.40. The molecule has 0 bridgehead atoms. The molecule has 0 saturated heterocycles. The van der Waals surface area contributed by atoms with Gasteiger partial charge in [-0.15, -0.1) is 0 Å². The van der Waals surface area contributed by atoms with Gasteiger partial charge < -0.3 is 14.4 Å². The lowest BCUT2D eigenvalue weighted by molar-refractivity contribution is -0.128. The molecule has 126 valence electrons. The van der Waals surface area contributed by atoms with Crippen LogP contribution in [0.2, 0.25) is 0 Å². The zero-order valence-corrected chi connectivity index (χ0v) is 14.4. The summed E-state index contributed by atoms with van der Waals surface area (Å²) in [5.41, 5.74) is 0.927. The van der Waals surface area contributed by atoms with Crippen LogP contribution in [0.4, 0.5) is 0 Å². The lowest BCUT2D eigenvalue weighted by Gasteiger charge is -2.32. The van der Waals surface area contributed by atoms with Crippen LogP contribution < -0.4 is 9.47 Å². The summed E-state index contributed by atoms with van der Waals surface area (Å²) in [7, 11) is 3.22. The summed E-state index contributed by atoms with van der Waals surface area (Å²) in [5, 5.41) is 0. The maximum atomic E-state index is 12.5. The maximum Gasteiger partial charge on any atom is 0.246 e. The standard InChI is InChI=1S/C19H27NO3/c1-4-20(16-8-6-5-7-9-16)19(21)13-11-15-10-12-17(22-2)18(14-15)23-3/h10-14,16H,4-9H2,1-3H3/b13-11+. The van der Waals surface area contributed by atoms with Gasteiger partial charge in [-0.3, -0.25) is 4.79 Å². The first-order chi connectivity index (χ1) is 11.2. The van der Waals surface area contributed by atoms with Gasteiger partial charge in [0.1, 0.15) is 0 Å². The van der Waals surface area contributed by atoms with Crippen molar-refractivity contribution in [2.24, 2.45) is 0 Å². The molecule has 1 aliphatic carbocycles. The molecule has 0 spiro atoms. The van der Waals surface area contributed by atoms with Gasteiger partial charge in [0.15, 0.2) is 11.5 Å². The van der Waals surface area contributed by atoms with E-state index in [1.54, 1.807) is 20.3 Å². The highest BCUT2D eigenvalue weighted by Gasteiger charge is 2.22. The summed E-state index contributed by atoms with van der Waals surface area (Å²) >= 11 is 0. The van der Waals surface area contributed by atoms with Crippen molar-refractivity contribution in [3.8, 4) is 11.5 Å². The van der Waals surface area contributed by atoms with Gasteiger partial charge in [0.25, 0.3) is 0 Å². The van der Waals surface area contributed by atoms with E-state index >= 15 is 0 Å².